The third-order valence-electron chi connectivity index (χ3n) is 6.09. The van der Waals surface area contributed by atoms with Crippen LogP contribution in [-0.4, -0.2) is 18.2 Å². The van der Waals surface area contributed by atoms with E-state index in [0.29, 0.717) is 4.99 Å². The van der Waals surface area contributed by atoms with E-state index in [1.165, 1.54) is 26.9 Å². The van der Waals surface area contributed by atoms with E-state index in [2.05, 4.69) is 53.8 Å². The van der Waals surface area contributed by atoms with E-state index in [4.69, 9.17) is 21.3 Å². The van der Waals surface area contributed by atoms with Gasteiger partial charge < -0.3 is 14.4 Å². The van der Waals surface area contributed by atoms with Crippen LogP contribution in [0.4, 0.5) is 0 Å². The summed E-state index contributed by atoms with van der Waals surface area (Å²) in [5, 5.41) is 10.4. The molecule has 5 rings (SSSR count). The number of benzene rings is 5. The zero-order valence-electron chi connectivity index (χ0n) is 19.2. The molecule has 4 nitrogen and oxygen atoms in total. The fourth-order valence-electron chi connectivity index (χ4n) is 4.66. The summed E-state index contributed by atoms with van der Waals surface area (Å²) >= 11 is 5.92. The van der Waals surface area contributed by atoms with Gasteiger partial charge in [-0.05, 0) is 51.7 Å². The van der Waals surface area contributed by atoms with Crippen molar-refractivity contribution in [2.45, 2.75) is 19.6 Å². The van der Waals surface area contributed by atoms with Crippen LogP contribution in [0.1, 0.15) is 30.8 Å². The van der Waals surface area contributed by atoms with E-state index in [9.17, 15) is 4.57 Å². The standard InChI is InChI=1S/C28H26NO3PS/c1-3-31-33(30,32-4-2)27(22-9-6-5-7-10-22)29-28(34)24-18-16-21-14-13-19-11-8-12-20-15-17-23(24)26(21)25(19)20/h5-18,27H,3-4H2,1-2H3,(H,29,34). The second kappa shape index (κ2) is 9.44. The molecule has 0 spiro atoms. The minimum atomic E-state index is -3.54. The molecule has 5 aromatic rings. The van der Waals surface area contributed by atoms with E-state index < -0.39 is 13.4 Å². The van der Waals surface area contributed by atoms with Gasteiger partial charge in [-0.15, -0.1) is 0 Å². The number of rotatable bonds is 8. The summed E-state index contributed by atoms with van der Waals surface area (Å²) in [5.74, 6) is -0.723. The molecule has 0 aliphatic carbocycles. The molecule has 0 bridgehead atoms. The number of nitrogens with one attached hydrogen (secondary N) is 1. The van der Waals surface area contributed by atoms with Crippen molar-refractivity contribution >= 4 is 57.1 Å². The Morgan fingerprint density at radius 1 is 0.794 bits per heavy atom. The normalized spacial score (nSPS) is 13.0. The summed E-state index contributed by atoms with van der Waals surface area (Å²) in [6.07, 6.45) is 0. The van der Waals surface area contributed by atoms with Crippen LogP contribution in [0.2, 0.25) is 0 Å². The summed E-state index contributed by atoms with van der Waals surface area (Å²) in [7, 11) is -3.54. The van der Waals surface area contributed by atoms with Gasteiger partial charge in [0, 0.05) is 5.56 Å². The Hall–Kier alpha value is -2.82. The molecule has 0 fully saturated rings. The predicted molar refractivity (Wildman–Crippen MR) is 145 cm³/mol. The Balaban J connectivity index is 1.63. The fraction of sp³-hybridized carbons (Fsp3) is 0.179. The van der Waals surface area contributed by atoms with Crippen LogP contribution in [0.5, 0.6) is 0 Å². The SMILES string of the molecule is CCOP(=O)(OCC)C(NC(=S)c1ccc2ccc3cccc4ccc1c2c34)c1ccccc1. The lowest BCUT2D eigenvalue weighted by Gasteiger charge is -2.28. The van der Waals surface area contributed by atoms with Crippen LogP contribution in [0.15, 0.2) is 84.9 Å². The molecule has 1 unspecified atom stereocenters. The van der Waals surface area contributed by atoms with E-state index in [1.54, 1.807) is 0 Å². The van der Waals surface area contributed by atoms with Crippen LogP contribution >= 0.6 is 19.8 Å². The van der Waals surface area contributed by atoms with Crippen molar-refractivity contribution < 1.29 is 13.6 Å². The highest BCUT2D eigenvalue weighted by molar-refractivity contribution is 7.80. The van der Waals surface area contributed by atoms with E-state index in [0.717, 1.165) is 16.5 Å². The van der Waals surface area contributed by atoms with Crippen LogP contribution in [0.25, 0.3) is 32.3 Å². The molecule has 0 saturated carbocycles. The molecular formula is C28H26NO3PS. The largest absolute Gasteiger partial charge is 0.358 e. The minimum absolute atomic E-state index is 0.272. The number of hydrogen-bond acceptors (Lipinski definition) is 4. The topological polar surface area (TPSA) is 47.6 Å². The first kappa shape index (κ1) is 22.9. The highest BCUT2D eigenvalue weighted by atomic mass is 32.1. The van der Waals surface area contributed by atoms with Crippen LogP contribution in [0, 0.1) is 0 Å². The van der Waals surface area contributed by atoms with Crippen molar-refractivity contribution in [1.29, 1.82) is 0 Å². The summed E-state index contributed by atoms with van der Waals surface area (Å²) < 4.78 is 25.3. The van der Waals surface area contributed by atoms with Gasteiger partial charge in [0.25, 0.3) is 0 Å². The molecule has 5 aromatic carbocycles. The number of thiocarbonyl (C=S) groups is 1. The molecule has 172 valence electrons. The average molecular weight is 488 g/mol. The minimum Gasteiger partial charge on any atom is -0.358 e. The molecule has 0 amide bonds. The van der Waals surface area contributed by atoms with Crippen molar-refractivity contribution in [3.63, 3.8) is 0 Å². The van der Waals surface area contributed by atoms with Crippen molar-refractivity contribution in [3.05, 3.63) is 96.1 Å². The Morgan fingerprint density at radius 2 is 1.38 bits per heavy atom. The molecule has 1 atom stereocenters. The van der Waals surface area contributed by atoms with Gasteiger partial charge >= 0.3 is 7.60 Å². The Bertz CT molecular complexity index is 1490. The van der Waals surface area contributed by atoms with Gasteiger partial charge in [-0.1, -0.05) is 97.1 Å². The van der Waals surface area contributed by atoms with Gasteiger partial charge in [0.05, 0.1) is 13.2 Å². The maximum Gasteiger partial charge on any atom is 0.357 e. The molecular weight excluding hydrogens is 461 g/mol. The summed E-state index contributed by atoms with van der Waals surface area (Å²) in [6.45, 7) is 4.17. The number of hydrogen-bond donors (Lipinski definition) is 1. The van der Waals surface area contributed by atoms with Crippen molar-refractivity contribution in [1.82, 2.24) is 5.32 Å². The first-order valence-corrected chi connectivity index (χ1v) is 13.5. The van der Waals surface area contributed by atoms with Gasteiger partial charge in [-0.25, -0.2) is 0 Å². The molecule has 0 radical (unpaired) electrons. The molecule has 0 aliphatic heterocycles. The first-order chi connectivity index (χ1) is 16.6. The predicted octanol–water partition coefficient (Wildman–Crippen LogP) is 7.81. The quantitative estimate of drug-likeness (QED) is 0.137. The Kier molecular flexibility index (Phi) is 6.37. The zero-order chi connectivity index (χ0) is 23.7. The van der Waals surface area contributed by atoms with Gasteiger partial charge in [0.1, 0.15) is 4.99 Å². The van der Waals surface area contributed by atoms with Gasteiger partial charge in [-0.3, -0.25) is 4.57 Å². The molecule has 1 N–H and O–H groups in total. The lowest BCUT2D eigenvalue weighted by Crippen LogP contribution is -2.29. The monoisotopic (exact) mass is 487 g/mol. The van der Waals surface area contributed by atoms with Gasteiger partial charge in [-0.2, -0.15) is 0 Å². The molecule has 6 heteroatoms. The highest BCUT2D eigenvalue weighted by Crippen LogP contribution is 2.59. The second-order valence-corrected chi connectivity index (χ2v) is 10.7. The lowest BCUT2D eigenvalue weighted by molar-refractivity contribution is 0.210. The molecule has 0 aliphatic rings. The molecule has 34 heavy (non-hydrogen) atoms. The van der Waals surface area contributed by atoms with Crippen molar-refractivity contribution in [3.8, 4) is 0 Å². The van der Waals surface area contributed by atoms with Gasteiger partial charge in [0.15, 0.2) is 5.78 Å². The zero-order valence-corrected chi connectivity index (χ0v) is 20.9. The van der Waals surface area contributed by atoms with E-state index in [1.807, 2.05) is 50.2 Å². The van der Waals surface area contributed by atoms with Crippen LogP contribution in [0.3, 0.4) is 0 Å². The Labute approximate surface area is 204 Å². The molecule has 0 heterocycles. The van der Waals surface area contributed by atoms with Crippen molar-refractivity contribution in [2.24, 2.45) is 0 Å². The first-order valence-electron chi connectivity index (χ1n) is 11.5. The summed E-state index contributed by atoms with van der Waals surface area (Å²) in [5.41, 5.74) is 1.69. The third kappa shape index (κ3) is 3.99. The van der Waals surface area contributed by atoms with Crippen molar-refractivity contribution in [2.75, 3.05) is 13.2 Å². The smallest absolute Gasteiger partial charge is 0.357 e. The fourth-order valence-corrected chi connectivity index (χ4v) is 6.96. The Morgan fingerprint density at radius 3 is 2.03 bits per heavy atom. The lowest BCUT2D eigenvalue weighted by atomic mass is 9.92. The maximum atomic E-state index is 13.9. The summed E-state index contributed by atoms with van der Waals surface area (Å²) in [4.78, 5) is 0.506. The average Bonchev–Trinajstić information content (AvgIpc) is 2.86. The maximum absolute atomic E-state index is 13.9. The van der Waals surface area contributed by atoms with E-state index in [-0.39, 0.29) is 13.2 Å². The van der Waals surface area contributed by atoms with E-state index >= 15 is 0 Å². The van der Waals surface area contributed by atoms with Gasteiger partial charge in [0.2, 0.25) is 0 Å². The second-order valence-electron chi connectivity index (χ2n) is 8.13. The van der Waals surface area contributed by atoms with Crippen LogP contribution in [-0.2, 0) is 13.6 Å². The molecule has 0 saturated heterocycles. The molecule has 0 aromatic heterocycles. The summed E-state index contributed by atoms with van der Waals surface area (Å²) in [6, 6.07) is 28.6. The highest BCUT2D eigenvalue weighted by Gasteiger charge is 2.37. The van der Waals surface area contributed by atoms with Crippen LogP contribution < -0.4 is 5.32 Å². The third-order valence-corrected chi connectivity index (χ3v) is 8.72.